The van der Waals surface area contributed by atoms with E-state index in [2.05, 4.69) is 0 Å². The minimum absolute atomic E-state index is 0.477. The molecule has 15 atom stereocenters. The summed E-state index contributed by atoms with van der Waals surface area (Å²) in [6, 6.07) is -4.39. The quantitative estimate of drug-likeness (QED) is 0.0958. The first kappa shape index (κ1) is 30.5. The van der Waals surface area contributed by atoms with E-state index in [-0.39, 0.29) is 0 Å². The van der Waals surface area contributed by atoms with Crippen molar-refractivity contribution >= 4 is 11.8 Å². The number of hydrogen-bond acceptors (Lipinski definition) is 17. The van der Waals surface area contributed by atoms with Gasteiger partial charge >= 0.3 is 0 Å². The number of rotatable bonds is 8. The molecule has 4 rings (SSSR count). The Bertz CT molecular complexity index is 868. The molecule has 0 aromatic carbocycles. The summed E-state index contributed by atoms with van der Waals surface area (Å²) in [6.45, 7) is -2.29. The van der Waals surface area contributed by atoms with E-state index >= 15 is 0 Å². The molecule has 0 aromatic heterocycles. The predicted molar refractivity (Wildman–Crippen MR) is 119 cm³/mol. The molecular weight excluding hydrogens is 534 g/mol. The fourth-order valence-electron chi connectivity index (χ4n) is 5.09. The van der Waals surface area contributed by atoms with E-state index in [1.807, 2.05) is 0 Å². The fraction of sp³-hybridized carbons (Fsp3) is 0.905. The Balaban J connectivity index is 1.61. The smallest absolute Gasteiger partial charge is 0.239 e. The van der Waals surface area contributed by atoms with Gasteiger partial charge in [0, 0.05) is 0 Å². The van der Waals surface area contributed by atoms with E-state index in [1.165, 1.54) is 0 Å². The van der Waals surface area contributed by atoms with E-state index in [0.717, 1.165) is 0 Å². The van der Waals surface area contributed by atoms with Crippen LogP contribution in [0.4, 0.5) is 0 Å². The molecule has 224 valence electrons. The molecule has 0 saturated carbocycles. The molecule has 2 unspecified atom stereocenters. The molecule has 4 saturated heterocycles. The Morgan fingerprint density at radius 2 is 1.21 bits per heavy atom. The van der Waals surface area contributed by atoms with Gasteiger partial charge in [-0.2, -0.15) is 0 Å². The van der Waals surface area contributed by atoms with Gasteiger partial charge in [-0.1, -0.05) is 0 Å². The fourth-order valence-corrected chi connectivity index (χ4v) is 5.09. The number of ether oxygens (including phenoxy) is 5. The minimum Gasteiger partial charge on any atom is -0.394 e. The first-order valence-corrected chi connectivity index (χ1v) is 12.3. The highest BCUT2D eigenvalue weighted by molar-refractivity contribution is 6.15. The van der Waals surface area contributed by atoms with Crippen LogP contribution in [-0.2, 0) is 33.3 Å². The largest absolute Gasteiger partial charge is 0.394 e. The van der Waals surface area contributed by atoms with Crippen LogP contribution in [0, 0.1) is 0 Å². The molecule has 0 spiro atoms. The van der Waals surface area contributed by atoms with Gasteiger partial charge in [-0.05, 0) is 0 Å². The molecule has 4 heterocycles. The zero-order valence-electron chi connectivity index (χ0n) is 20.5. The lowest BCUT2D eigenvalue weighted by molar-refractivity contribution is -0.356. The second kappa shape index (κ2) is 12.2. The van der Waals surface area contributed by atoms with Crippen molar-refractivity contribution in [1.82, 2.24) is 4.90 Å². The van der Waals surface area contributed by atoms with Crippen LogP contribution in [0.1, 0.15) is 6.42 Å². The number of β-lactam (4-membered cyclic amide) rings is 2. The van der Waals surface area contributed by atoms with Gasteiger partial charge in [0.05, 0.1) is 31.9 Å². The number of carbonyl (C=O) groups is 2. The van der Waals surface area contributed by atoms with E-state index in [1.54, 1.807) is 0 Å². The van der Waals surface area contributed by atoms with Crippen molar-refractivity contribution in [3.05, 3.63) is 0 Å². The van der Waals surface area contributed by atoms with Gasteiger partial charge in [0.2, 0.25) is 11.8 Å². The third-order valence-electron chi connectivity index (χ3n) is 7.39. The van der Waals surface area contributed by atoms with Crippen LogP contribution in [0.25, 0.3) is 0 Å². The zero-order valence-corrected chi connectivity index (χ0v) is 20.5. The number of aliphatic hydroxyl groups excluding tert-OH is 8. The Kier molecular flexibility index (Phi) is 9.53. The van der Waals surface area contributed by atoms with Crippen molar-refractivity contribution < 1.29 is 74.1 Å². The van der Waals surface area contributed by atoms with Gasteiger partial charge in [-0.15, -0.1) is 0 Å². The Labute approximate surface area is 221 Å². The van der Waals surface area contributed by atoms with Crippen LogP contribution in [0.2, 0.25) is 0 Å². The van der Waals surface area contributed by atoms with E-state index in [0.29, 0.717) is 4.90 Å². The summed E-state index contributed by atoms with van der Waals surface area (Å²) >= 11 is 0. The van der Waals surface area contributed by atoms with Crippen molar-refractivity contribution in [2.24, 2.45) is 11.5 Å². The normalized spacial score (nSPS) is 49.2. The molecule has 0 radical (unpaired) electrons. The molecule has 2 amide bonds. The van der Waals surface area contributed by atoms with Crippen LogP contribution in [0.15, 0.2) is 0 Å². The summed E-state index contributed by atoms with van der Waals surface area (Å²) in [5.74, 6) is -1.42. The maximum absolute atomic E-state index is 12.4. The summed E-state index contributed by atoms with van der Waals surface area (Å²) < 4.78 is 27.8. The van der Waals surface area contributed by atoms with E-state index in [9.17, 15) is 50.4 Å². The predicted octanol–water partition coefficient (Wildman–Crippen LogP) is -7.87. The first-order chi connectivity index (χ1) is 18.4. The molecule has 18 heteroatoms. The van der Waals surface area contributed by atoms with Crippen LogP contribution in [-0.4, -0.2) is 169 Å². The topological polar surface area (TPSA) is 297 Å². The summed E-state index contributed by atoms with van der Waals surface area (Å²) in [5, 5.41) is 81.2. The molecular formula is C21H35N3O15. The third-order valence-corrected chi connectivity index (χ3v) is 7.39. The maximum Gasteiger partial charge on any atom is 0.239 e. The monoisotopic (exact) mass is 569 g/mol. The van der Waals surface area contributed by atoms with Crippen LogP contribution in [0.5, 0.6) is 0 Å². The van der Waals surface area contributed by atoms with Gasteiger partial charge in [0.15, 0.2) is 18.9 Å². The molecule has 0 aromatic rings. The van der Waals surface area contributed by atoms with Crippen molar-refractivity contribution in [3.8, 4) is 0 Å². The lowest BCUT2D eigenvalue weighted by Gasteiger charge is -2.52. The molecule has 0 bridgehead atoms. The number of imide groups is 1. The minimum atomic E-state index is -1.84. The first-order valence-electron chi connectivity index (χ1n) is 12.3. The molecule has 4 aliphatic heterocycles. The number of nitrogens with two attached hydrogens (primary N) is 2. The lowest BCUT2D eigenvalue weighted by Crippen LogP contribution is -2.73. The highest BCUT2D eigenvalue weighted by Crippen LogP contribution is 2.35. The molecule has 4 fully saturated rings. The van der Waals surface area contributed by atoms with E-state index < -0.39 is 130 Å². The van der Waals surface area contributed by atoms with Gasteiger partial charge < -0.3 is 76.0 Å². The number of nitrogens with zero attached hydrogens (tertiary/aromatic N) is 1. The molecule has 12 N–H and O–H groups in total. The number of carbonyl (C=O) groups excluding carboxylic acids is 2. The SMILES string of the molecule is N[C@H]1[C@H](OC2[C@@H](CO)O[C@@H](OC3[C@@H](CO)O[C@@H](O)[C@H](N)[C@H]3O)[C@H](N3C(=O)CC3=O)[C@H]2O)O[C@H](CO)[C@@H](O)[C@@H]1O. The van der Waals surface area contributed by atoms with Crippen molar-refractivity contribution in [1.29, 1.82) is 0 Å². The summed E-state index contributed by atoms with van der Waals surface area (Å²) in [4.78, 5) is 25.4. The van der Waals surface area contributed by atoms with Crippen molar-refractivity contribution in [2.45, 2.75) is 98.4 Å². The van der Waals surface area contributed by atoms with Crippen molar-refractivity contribution in [3.63, 3.8) is 0 Å². The Morgan fingerprint density at radius 1 is 0.692 bits per heavy atom. The number of amides is 2. The van der Waals surface area contributed by atoms with Crippen LogP contribution < -0.4 is 11.5 Å². The zero-order chi connectivity index (χ0) is 28.8. The molecule has 39 heavy (non-hydrogen) atoms. The maximum atomic E-state index is 12.4. The number of hydrogen-bond donors (Lipinski definition) is 10. The number of aliphatic hydroxyl groups is 8. The number of likely N-dealkylation sites (tertiary alicyclic amines) is 1. The van der Waals surface area contributed by atoms with Crippen LogP contribution >= 0.6 is 0 Å². The van der Waals surface area contributed by atoms with Gasteiger partial charge in [0.25, 0.3) is 0 Å². The Hall–Kier alpha value is -1.46. The average molecular weight is 570 g/mol. The van der Waals surface area contributed by atoms with Crippen LogP contribution in [0.3, 0.4) is 0 Å². The summed E-state index contributed by atoms with van der Waals surface area (Å²) in [6.07, 6.45) is -19.2. The van der Waals surface area contributed by atoms with Crippen molar-refractivity contribution in [2.75, 3.05) is 19.8 Å². The highest BCUT2D eigenvalue weighted by atomic mass is 16.7. The standard InChI is InChI=1S/C21H35N3O15/c22-10-15(32)17(6(3-26)35-19(10)34)39-21-12(24-8(28)1-9(24)29)16(33)18(7(4-27)37-21)38-20-11(23)14(31)13(30)5(2-25)36-20/h5-7,10-21,25-27,30-34H,1-4,22-23H2/t5-,6-,7-,10-,11-,12-,13-,14-,15-,16-,17?,18?,19-,20+,21+/m1/s1. The summed E-state index contributed by atoms with van der Waals surface area (Å²) in [7, 11) is 0. The van der Waals surface area contributed by atoms with Gasteiger partial charge in [-0.25, -0.2) is 0 Å². The van der Waals surface area contributed by atoms with E-state index in [4.69, 9.17) is 35.2 Å². The van der Waals surface area contributed by atoms with Gasteiger partial charge in [-0.3, -0.25) is 14.5 Å². The Morgan fingerprint density at radius 3 is 1.77 bits per heavy atom. The van der Waals surface area contributed by atoms with Gasteiger partial charge in [0.1, 0.15) is 67.4 Å². The second-order valence-corrected chi connectivity index (χ2v) is 9.84. The second-order valence-electron chi connectivity index (χ2n) is 9.84. The highest BCUT2D eigenvalue weighted by Gasteiger charge is 2.58. The molecule has 0 aliphatic carbocycles. The third kappa shape index (κ3) is 5.56. The lowest BCUT2D eigenvalue weighted by atomic mass is 9.91. The average Bonchev–Trinajstić information content (AvgIpc) is 2.91. The molecule has 18 nitrogen and oxygen atoms in total. The summed E-state index contributed by atoms with van der Waals surface area (Å²) in [5.41, 5.74) is 11.6. The molecule has 4 aliphatic rings.